The number of guanidine groups is 1. The highest BCUT2D eigenvalue weighted by Crippen LogP contribution is 1.96. The molecule has 1 fully saturated rings. The van der Waals surface area contributed by atoms with Crippen LogP contribution in [0, 0.1) is 12.0 Å². The van der Waals surface area contributed by atoms with Crippen LogP contribution in [0.25, 0.3) is 0 Å². The summed E-state index contributed by atoms with van der Waals surface area (Å²) in [5.41, 5.74) is 7.94. The SMILES string of the molecule is N=C(N)N1CC[CH]N1. The first-order valence-corrected chi connectivity index (χ1v) is 2.50. The lowest BCUT2D eigenvalue weighted by atomic mass is 10.5. The van der Waals surface area contributed by atoms with Gasteiger partial charge < -0.3 is 5.73 Å². The number of hydrazine groups is 1. The summed E-state index contributed by atoms with van der Waals surface area (Å²) in [5.74, 6) is 0.0822. The Bertz CT molecular complexity index is 94.2. The highest BCUT2D eigenvalue weighted by atomic mass is 15.6. The van der Waals surface area contributed by atoms with E-state index in [2.05, 4.69) is 5.43 Å². The summed E-state index contributed by atoms with van der Waals surface area (Å²) >= 11 is 0. The van der Waals surface area contributed by atoms with Crippen LogP contribution in [-0.4, -0.2) is 17.5 Å². The van der Waals surface area contributed by atoms with Crippen molar-refractivity contribution in [2.75, 3.05) is 6.54 Å². The second-order valence-electron chi connectivity index (χ2n) is 1.66. The van der Waals surface area contributed by atoms with Crippen molar-refractivity contribution in [2.24, 2.45) is 5.73 Å². The van der Waals surface area contributed by atoms with Gasteiger partial charge in [0.25, 0.3) is 0 Å². The van der Waals surface area contributed by atoms with Gasteiger partial charge >= 0.3 is 0 Å². The van der Waals surface area contributed by atoms with Gasteiger partial charge in [-0.05, 0) is 6.42 Å². The molecule has 0 aromatic rings. The summed E-state index contributed by atoms with van der Waals surface area (Å²) in [5, 5.41) is 8.50. The van der Waals surface area contributed by atoms with E-state index in [1.807, 2.05) is 6.54 Å². The Morgan fingerprint density at radius 3 is 2.88 bits per heavy atom. The molecule has 0 aromatic heterocycles. The van der Waals surface area contributed by atoms with Crippen LogP contribution in [0.5, 0.6) is 0 Å². The summed E-state index contributed by atoms with van der Waals surface area (Å²) in [6.45, 7) is 2.69. The van der Waals surface area contributed by atoms with Crippen molar-refractivity contribution < 1.29 is 0 Å². The summed E-state index contributed by atoms with van der Waals surface area (Å²) in [4.78, 5) is 0. The number of rotatable bonds is 0. The van der Waals surface area contributed by atoms with Gasteiger partial charge in [-0.3, -0.25) is 10.4 Å². The Balaban J connectivity index is 2.35. The molecule has 1 aliphatic rings. The van der Waals surface area contributed by atoms with E-state index < -0.39 is 0 Å². The number of nitrogens with two attached hydrogens (primary N) is 1. The van der Waals surface area contributed by atoms with Crippen LogP contribution >= 0.6 is 0 Å². The molecule has 0 unspecified atom stereocenters. The molecule has 4 nitrogen and oxygen atoms in total. The van der Waals surface area contributed by atoms with E-state index >= 15 is 0 Å². The molecule has 0 amide bonds. The first-order chi connectivity index (χ1) is 3.80. The van der Waals surface area contributed by atoms with E-state index in [1.165, 1.54) is 0 Å². The molecule has 45 valence electrons. The lowest BCUT2D eigenvalue weighted by molar-refractivity contribution is 0.409. The van der Waals surface area contributed by atoms with Crippen molar-refractivity contribution in [3.63, 3.8) is 0 Å². The van der Waals surface area contributed by atoms with E-state index in [1.54, 1.807) is 5.01 Å². The topological polar surface area (TPSA) is 65.1 Å². The maximum atomic E-state index is 6.91. The maximum Gasteiger partial charge on any atom is 0.203 e. The van der Waals surface area contributed by atoms with Gasteiger partial charge in [0.2, 0.25) is 5.96 Å². The molecule has 1 rings (SSSR count). The van der Waals surface area contributed by atoms with E-state index in [0.29, 0.717) is 0 Å². The molecule has 4 N–H and O–H groups in total. The molecule has 8 heavy (non-hydrogen) atoms. The van der Waals surface area contributed by atoms with E-state index in [-0.39, 0.29) is 5.96 Å². The van der Waals surface area contributed by atoms with Gasteiger partial charge in [0.1, 0.15) is 0 Å². The van der Waals surface area contributed by atoms with Crippen LogP contribution in [0.15, 0.2) is 0 Å². The Kier molecular flexibility index (Phi) is 1.34. The minimum Gasteiger partial charge on any atom is -0.369 e. The highest BCUT2D eigenvalue weighted by molar-refractivity contribution is 5.74. The zero-order chi connectivity index (χ0) is 5.98. The molecule has 1 radical (unpaired) electrons. The number of nitrogens with one attached hydrogen (secondary N) is 2. The molecule has 0 aromatic carbocycles. The van der Waals surface area contributed by atoms with Crippen molar-refractivity contribution in [2.45, 2.75) is 6.42 Å². The van der Waals surface area contributed by atoms with Gasteiger partial charge in [-0.2, -0.15) is 0 Å². The van der Waals surface area contributed by atoms with Gasteiger partial charge in [-0.15, -0.1) is 0 Å². The van der Waals surface area contributed by atoms with Gasteiger partial charge in [0.15, 0.2) is 0 Å². The second-order valence-corrected chi connectivity index (χ2v) is 1.66. The van der Waals surface area contributed by atoms with Crippen LogP contribution in [0.3, 0.4) is 0 Å². The largest absolute Gasteiger partial charge is 0.369 e. The quantitative estimate of drug-likeness (QED) is 0.286. The number of hydrogen-bond acceptors (Lipinski definition) is 2. The molecular weight excluding hydrogens is 104 g/mol. The average molecular weight is 113 g/mol. The second kappa shape index (κ2) is 2.00. The zero-order valence-electron chi connectivity index (χ0n) is 4.52. The molecule has 1 saturated heterocycles. The summed E-state index contributed by atoms with van der Waals surface area (Å²) in [7, 11) is 0. The third-order valence-electron chi connectivity index (χ3n) is 1.03. The van der Waals surface area contributed by atoms with Crippen LogP contribution < -0.4 is 11.2 Å². The lowest BCUT2D eigenvalue weighted by Gasteiger charge is -2.12. The predicted molar refractivity (Wildman–Crippen MR) is 30.7 cm³/mol. The smallest absolute Gasteiger partial charge is 0.203 e. The summed E-state index contributed by atoms with van der Waals surface area (Å²) < 4.78 is 0. The van der Waals surface area contributed by atoms with Crippen molar-refractivity contribution in [3.05, 3.63) is 6.54 Å². The third-order valence-corrected chi connectivity index (χ3v) is 1.03. The first kappa shape index (κ1) is 5.37. The molecule has 0 aliphatic carbocycles. The molecule has 0 bridgehead atoms. The molecule has 0 saturated carbocycles. The minimum absolute atomic E-state index is 0.0822. The average Bonchev–Trinajstić information content (AvgIpc) is 2.12. The highest BCUT2D eigenvalue weighted by Gasteiger charge is 2.10. The number of hydrogen-bond donors (Lipinski definition) is 3. The molecule has 0 atom stereocenters. The van der Waals surface area contributed by atoms with E-state index in [9.17, 15) is 0 Å². The van der Waals surface area contributed by atoms with Crippen LogP contribution in [0.4, 0.5) is 0 Å². The summed E-state index contributed by atoms with van der Waals surface area (Å²) in [6.07, 6.45) is 0.958. The molecule has 1 heterocycles. The number of nitrogens with zero attached hydrogens (tertiary/aromatic N) is 1. The normalized spacial score (nSPS) is 19.2. The van der Waals surface area contributed by atoms with Crippen molar-refractivity contribution >= 4 is 5.96 Å². The predicted octanol–water partition coefficient (Wildman–Crippen LogP) is -0.748. The molecule has 1 aliphatic heterocycles. The Morgan fingerprint density at radius 2 is 2.62 bits per heavy atom. The molecule has 0 spiro atoms. The summed E-state index contributed by atoms with van der Waals surface area (Å²) in [6, 6.07) is 0. The van der Waals surface area contributed by atoms with Crippen molar-refractivity contribution in [1.82, 2.24) is 10.4 Å². The van der Waals surface area contributed by atoms with Gasteiger partial charge in [-0.1, -0.05) is 0 Å². The van der Waals surface area contributed by atoms with E-state index in [0.717, 1.165) is 13.0 Å². The molecular formula is C4H9N4. The first-order valence-electron chi connectivity index (χ1n) is 2.50. The Morgan fingerprint density at radius 1 is 1.88 bits per heavy atom. The van der Waals surface area contributed by atoms with E-state index in [4.69, 9.17) is 11.1 Å². The van der Waals surface area contributed by atoms with Gasteiger partial charge in [0.05, 0.1) is 0 Å². The Hall–Kier alpha value is -0.770. The van der Waals surface area contributed by atoms with Crippen molar-refractivity contribution in [3.8, 4) is 0 Å². The minimum atomic E-state index is 0.0822. The van der Waals surface area contributed by atoms with Crippen LogP contribution in [0.2, 0.25) is 0 Å². The fraction of sp³-hybridized carbons (Fsp3) is 0.500. The third kappa shape index (κ3) is 0.894. The Labute approximate surface area is 48.1 Å². The fourth-order valence-corrected chi connectivity index (χ4v) is 0.623. The van der Waals surface area contributed by atoms with Crippen molar-refractivity contribution in [1.29, 1.82) is 5.41 Å². The monoisotopic (exact) mass is 113 g/mol. The standard InChI is InChI=1S/C4H9N4/c5-4(6)8-3-1-2-7-8/h2,7H,1,3H2,(H3,5,6). The van der Waals surface area contributed by atoms with Gasteiger partial charge in [-0.25, -0.2) is 5.43 Å². The van der Waals surface area contributed by atoms with Gasteiger partial charge in [0, 0.05) is 13.1 Å². The molecule has 4 heteroatoms. The van der Waals surface area contributed by atoms with Crippen LogP contribution in [0.1, 0.15) is 6.42 Å². The lowest BCUT2D eigenvalue weighted by Crippen LogP contribution is -2.40. The zero-order valence-corrected chi connectivity index (χ0v) is 4.52. The van der Waals surface area contributed by atoms with Crippen LogP contribution in [-0.2, 0) is 0 Å². The fourth-order valence-electron chi connectivity index (χ4n) is 0.623. The maximum absolute atomic E-state index is 6.91.